The summed E-state index contributed by atoms with van der Waals surface area (Å²) in [5, 5.41) is 3.34. The summed E-state index contributed by atoms with van der Waals surface area (Å²) in [5.74, 6) is 1.05. The van der Waals surface area contributed by atoms with Gasteiger partial charge in [0.05, 0.1) is 18.8 Å². The Kier molecular flexibility index (Phi) is 5.47. The van der Waals surface area contributed by atoms with E-state index in [9.17, 15) is 0 Å². The second kappa shape index (κ2) is 6.41. The van der Waals surface area contributed by atoms with E-state index in [2.05, 4.69) is 32.2 Å². The van der Waals surface area contributed by atoms with Crippen LogP contribution in [-0.2, 0) is 9.47 Å². The summed E-state index contributed by atoms with van der Waals surface area (Å²) in [5.41, 5.74) is 0.0886. The summed E-state index contributed by atoms with van der Waals surface area (Å²) < 4.78 is 11.7. The predicted octanol–water partition coefficient (Wildman–Crippen LogP) is 2.72. The third-order valence-corrected chi connectivity index (χ3v) is 3.08. The highest BCUT2D eigenvalue weighted by Crippen LogP contribution is 2.29. The number of hydrogen-bond acceptors (Lipinski definition) is 3. The fourth-order valence-electron chi connectivity index (χ4n) is 2.26. The molecule has 2 unspecified atom stereocenters. The molecule has 1 heterocycles. The number of likely N-dealkylation sites (N-methyl/N-ethyl adjacent to an activating group) is 1. The first-order valence-corrected chi connectivity index (χ1v) is 6.62. The molecule has 2 atom stereocenters. The molecule has 3 nitrogen and oxygen atoms in total. The van der Waals surface area contributed by atoms with Gasteiger partial charge in [0.15, 0.2) is 0 Å². The van der Waals surface area contributed by atoms with E-state index in [-0.39, 0.29) is 17.6 Å². The maximum absolute atomic E-state index is 5.93. The Labute approximate surface area is 106 Å². The van der Waals surface area contributed by atoms with Gasteiger partial charge in [-0.1, -0.05) is 20.8 Å². The molecule has 0 aliphatic carbocycles. The van der Waals surface area contributed by atoms with Crippen molar-refractivity contribution in [1.82, 2.24) is 5.32 Å². The van der Waals surface area contributed by atoms with Gasteiger partial charge in [-0.3, -0.25) is 0 Å². The minimum absolute atomic E-state index is 0.0886. The maximum Gasteiger partial charge on any atom is 0.112 e. The Morgan fingerprint density at radius 1 is 1.47 bits per heavy atom. The van der Waals surface area contributed by atoms with E-state index >= 15 is 0 Å². The molecule has 0 aromatic heterocycles. The Balaban J connectivity index is 2.84. The molecule has 1 aliphatic heterocycles. The zero-order valence-electron chi connectivity index (χ0n) is 11.9. The van der Waals surface area contributed by atoms with Crippen LogP contribution in [0.25, 0.3) is 0 Å². The molecule has 1 N–H and O–H groups in total. The summed E-state index contributed by atoms with van der Waals surface area (Å²) in [6.07, 6.45) is 4.55. The third-order valence-electron chi connectivity index (χ3n) is 3.08. The smallest absolute Gasteiger partial charge is 0.112 e. The van der Waals surface area contributed by atoms with E-state index < -0.39 is 0 Å². The summed E-state index contributed by atoms with van der Waals surface area (Å²) in [6, 6.07) is 0.148. The van der Waals surface area contributed by atoms with E-state index in [4.69, 9.17) is 9.47 Å². The molecule has 0 saturated carbocycles. The van der Waals surface area contributed by atoms with Crippen molar-refractivity contribution in [2.45, 2.75) is 52.7 Å². The first kappa shape index (κ1) is 14.5. The van der Waals surface area contributed by atoms with Crippen molar-refractivity contribution in [1.29, 1.82) is 0 Å². The van der Waals surface area contributed by atoms with Gasteiger partial charge in [0.1, 0.15) is 5.76 Å². The predicted molar refractivity (Wildman–Crippen MR) is 71.0 cm³/mol. The average Bonchev–Trinajstić information content (AvgIpc) is 2.29. The quantitative estimate of drug-likeness (QED) is 0.803. The Morgan fingerprint density at radius 2 is 2.18 bits per heavy atom. The topological polar surface area (TPSA) is 30.5 Å². The van der Waals surface area contributed by atoms with Gasteiger partial charge < -0.3 is 14.8 Å². The molecule has 100 valence electrons. The van der Waals surface area contributed by atoms with Crippen LogP contribution in [-0.4, -0.2) is 32.4 Å². The van der Waals surface area contributed by atoms with Gasteiger partial charge in [0, 0.05) is 6.61 Å². The third kappa shape index (κ3) is 4.00. The zero-order valence-corrected chi connectivity index (χ0v) is 11.9. The summed E-state index contributed by atoms with van der Waals surface area (Å²) in [7, 11) is 1.97. The van der Waals surface area contributed by atoms with E-state index in [1.807, 2.05) is 14.0 Å². The van der Waals surface area contributed by atoms with Crippen molar-refractivity contribution in [3.05, 3.63) is 11.8 Å². The van der Waals surface area contributed by atoms with Crippen LogP contribution in [0.15, 0.2) is 11.8 Å². The SMILES string of the molecule is CCOC(C(NC)C1=CCCCO1)C(C)(C)C. The highest BCUT2D eigenvalue weighted by Gasteiger charge is 2.35. The second-order valence-electron chi connectivity index (χ2n) is 5.61. The minimum Gasteiger partial charge on any atom is -0.496 e. The first-order valence-electron chi connectivity index (χ1n) is 6.62. The average molecular weight is 241 g/mol. The van der Waals surface area contributed by atoms with Crippen molar-refractivity contribution in [2.24, 2.45) is 5.41 Å². The van der Waals surface area contributed by atoms with Gasteiger partial charge in [-0.05, 0) is 38.3 Å². The van der Waals surface area contributed by atoms with E-state index in [1.165, 1.54) is 0 Å². The highest BCUT2D eigenvalue weighted by atomic mass is 16.5. The molecule has 0 fully saturated rings. The van der Waals surface area contributed by atoms with Crippen molar-refractivity contribution in [2.75, 3.05) is 20.3 Å². The molecule has 0 radical (unpaired) electrons. The van der Waals surface area contributed by atoms with Crippen LogP contribution < -0.4 is 5.32 Å². The number of rotatable bonds is 5. The largest absolute Gasteiger partial charge is 0.496 e. The molecule has 0 spiro atoms. The van der Waals surface area contributed by atoms with Crippen LogP contribution in [0, 0.1) is 5.41 Å². The van der Waals surface area contributed by atoms with Crippen LogP contribution in [0.2, 0.25) is 0 Å². The number of ether oxygens (including phenoxy) is 2. The molecule has 3 heteroatoms. The Bertz CT molecular complexity index is 255. The summed E-state index contributed by atoms with van der Waals surface area (Å²) >= 11 is 0. The van der Waals surface area contributed by atoms with E-state index in [0.717, 1.165) is 31.8 Å². The molecule has 0 bridgehead atoms. The van der Waals surface area contributed by atoms with Gasteiger partial charge in [-0.25, -0.2) is 0 Å². The lowest BCUT2D eigenvalue weighted by Crippen LogP contribution is -2.48. The summed E-state index contributed by atoms with van der Waals surface area (Å²) in [6.45, 7) is 10.2. The van der Waals surface area contributed by atoms with Gasteiger partial charge in [-0.15, -0.1) is 0 Å². The maximum atomic E-state index is 5.93. The normalized spacial score (nSPS) is 20.4. The number of hydrogen-bond donors (Lipinski definition) is 1. The Morgan fingerprint density at radius 3 is 2.59 bits per heavy atom. The lowest BCUT2D eigenvalue weighted by atomic mass is 9.83. The monoisotopic (exact) mass is 241 g/mol. The molecule has 1 aliphatic rings. The molecule has 0 aromatic rings. The van der Waals surface area contributed by atoms with Crippen LogP contribution in [0.4, 0.5) is 0 Å². The molecular formula is C14H27NO2. The standard InChI is InChI=1S/C14H27NO2/c1-6-16-13(14(2,3)4)12(15-5)11-9-7-8-10-17-11/h9,12-13,15H,6-8,10H2,1-5H3. The lowest BCUT2D eigenvalue weighted by molar-refractivity contribution is -0.0391. The summed E-state index contributed by atoms with van der Waals surface area (Å²) in [4.78, 5) is 0. The molecule has 17 heavy (non-hydrogen) atoms. The van der Waals surface area contributed by atoms with E-state index in [0.29, 0.717) is 0 Å². The first-order chi connectivity index (χ1) is 8.00. The highest BCUT2D eigenvalue weighted by molar-refractivity contribution is 5.10. The van der Waals surface area contributed by atoms with Gasteiger partial charge in [0.25, 0.3) is 0 Å². The fraction of sp³-hybridized carbons (Fsp3) is 0.857. The Hall–Kier alpha value is -0.540. The van der Waals surface area contributed by atoms with Gasteiger partial charge in [-0.2, -0.15) is 0 Å². The van der Waals surface area contributed by atoms with Crippen molar-refractivity contribution >= 4 is 0 Å². The van der Waals surface area contributed by atoms with Crippen LogP contribution in [0.1, 0.15) is 40.5 Å². The lowest BCUT2D eigenvalue weighted by Gasteiger charge is -2.38. The molecule has 0 aromatic carbocycles. The number of nitrogens with one attached hydrogen (secondary N) is 1. The molecule has 0 saturated heterocycles. The van der Waals surface area contributed by atoms with Crippen LogP contribution in [0.5, 0.6) is 0 Å². The molecular weight excluding hydrogens is 214 g/mol. The number of allylic oxidation sites excluding steroid dienone is 1. The van der Waals surface area contributed by atoms with Crippen LogP contribution >= 0.6 is 0 Å². The van der Waals surface area contributed by atoms with Crippen LogP contribution in [0.3, 0.4) is 0 Å². The fourth-order valence-corrected chi connectivity index (χ4v) is 2.26. The minimum atomic E-state index is 0.0886. The zero-order chi connectivity index (χ0) is 12.9. The van der Waals surface area contributed by atoms with Gasteiger partial charge in [0.2, 0.25) is 0 Å². The van der Waals surface area contributed by atoms with Crippen molar-refractivity contribution < 1.29 is 9.47 Å². The second-order valence-corrected chi connectivity index (χ2v) is 5.61. The van der Waals surface area contributed by atoms with Crippen molar-refractivity contribution in [3.63, 3.8) is 0 Å². The molecule has 1 rings (SSSR count). The van der Waals surface area contributed by atoms with E-state index in [1.54, 1.807) is 0 Å². The molecule has 0 amide bonds. The van der Waals surface area contributed by atoms with Gasteiger partial charge >= 0.3 is 0 Å². The van der Waals surface area contributed by atoms with Crippen molar-refractivity contribution in [3.8, 4) is 0 Å².